The lowest BCUT2D eigenvalue weighted by Gasteiger charge is -2.10. The molecule has 0 radical (unpaired) electrons. The summed E-state index contributed by atoms with van der Waals surface area (Å²) in [6.45, 7) is 0. The number of nitrogens with one attached hydrogen (secondary N) is 2. The summed E-state index contributed by atoms with van der Waals surface area (Å²) in [5, 5.41) is 4.29. The lowest BCUT2D eigenvalue weighted by Crippen LogP contribution is -2.18. The molecule has 0 atom stereocenters. The van der Waals surface area contributed by atoms with Crippen molar-refractivity contribution in [2.75, 3.05) is 10.0 Å². The Morgan fingerprint density at radius 2 is 1.63 bits per heavy atom. The Kier molecular flexibility index (Phi) is 5.24. The Morgan fingerprint density at radius 3 is 2.26 bits per heavy atom. The molecule has 138 valence electrons. The molecule has 0 fully saturated rings. The molecule has 0 aliphatic rings. The molecule has 1 heterocycles. The van der Waals surface area contributed by atoms with Crippen molar-refractivity contribution < 1.29 is 18.0 Å². The van der Waals surface area contributed by atoms with Crippen LogP contribution in [0.1, 0.15) is 20.7 Å². The topological polar surface area (TPSA) is 118 Å². The number of hydrogen-bond donors (Lipinski definition) is 3. The van der Waals surface area contributed by atoms with Crippen molar-refractivity contribution in [3.8, 4) is 0 Å². The van der Waals surface area contributed by atoms with Gasteiger partial charge in [-0.15, -0.1) is 11.3 Å². The summed E-state index contributed by atoms with van der Waals surface area (Å²) in [5.41, 5.74) is 6.43. The van der Waals surface area contributed by atoms with Gasteiger partial charge in [-0.1, -0.05) is 18.2 Å². The van der Waals surface area contributed by atoms with E-state index in [2.05, 4.69) is 10.0 Å². The fourth-order valence-electron chi connectivity index (χ4n) is 2.31. The summed E-state index contributed by atoms with van der Waals surface area (Å²) >= 11 is 1.11. The number of hydrogen-bond acceptors (Lipinski definition) is 5. The zero-order chi connectivity index (χ0) is 19.4. The van der Waals surface area contributed by atoms with Crippen molar-refractivity contribution in [2.24, 2.45) is 5.73 Å². The maximum absolute atomic E-state index is 12.4. The standard InChI is InChI=1S/C18H15N3O4S2/c19-17(22)14-4-1-2-5-15(14)20-18(23)12-7-9-13(10-8-12)21-27(24,25)16-6-3-11-26-16/h1-11,21H,(H2,19,22)(H,20,23). The quantitative estimate of drug-likeness (QED) is 0.588. The first-order valence-electron chi connectivity index (χ1n) is 7.73. The van der Waals surface area contributed by atoms with Gasteiger partial charge in [0, 0.05) is 11.3 Å². The SMILES string of the molecule is NC(=O)c1ccccc1NC(=O)c1ccc(NS(=O)(=O)c2cccs2)cc1. The number of carbonyl (C=O) groups is 2. The van der Waals surface area contributed by atoms with Crippen LogP contribution < -0.4 is 15.8 Å². The molecule has 0 aliphatic heterocycles. The normalized spacial score (nSPS) is 11.0. The number of sulfonamides is 1. The minimum atomic E-state index is -3.65. The molecular formula is C18H15N3O4S2. The van der Waals surface area contributed by atoms with E-state index in [1.807, 2.05) is 0 Å². The summed E-state index contributed by atoms with van der Waals surface area (Å²) in [4.78, 5) is 23.8. The fraction of sp³-hybridized carbons (Fsp3) is 0. The highest BCUT2D eigenvalue weighted by atomic mass is 32.2. The van der Waals surface area contributed by atoms with Crippen LogP contribution in [0.3, 0.4) is 0 Å². The summed E-state index contributed by atoms with van der Waals surface area (Å²) in [7, 11) is -3.65. The van der Waals surface area contributed by atoms with Crippen molar-refractivity contribution in [3.63, 3.8) is 0 Å². The van der Waals surface area contributed by atoms with Gasteiger partial charge in [0.2, 0.25) is 0 Å². The number of benzene rings is 2. The molecule has 1 aromatic heterocycles. The number of anilines is 2. The van der Waals surface area contributed by atoms with Crippen LogP contribution in [0.25, 0.3) is 0 Å². The Morgan fingerprint density at radius 1 is 0.926 bits per heavy atom. The molecule has 0 aliphatic carbocycles. The summed E-state index contributed by atoms with van der Waals surface area (Å²) < 4.78 is 27.1. The summed E-state index contributed by atoms with van der Waals surface area (Å²) in [5.74, 6) is -1.10. The molecule has 27 heavy (non-hydrogen) atoms. The van der Waals surface area contributed by atoms with E-state index < -0.39 is 21.8 Å². The van der Waals surface area contributed by atoms with E-state index in [1.54, 1.807) is 29.6 Å². The van der Waals surface area contributed by atoms with E-state index in [9.17, 15) is 18.0 Å². The maximum Gasteiger partial charge on any atom is 0.271 e. The molecule has 2 amide bonds. The van der Waals surface area contributed by atoms with Crippen molar-refractivity contribution in [2.45, 2.75) is 4.21 Å². The average Bonchev–Trinajstić information content (AvgIpc) is 3.18. The number of primary amides is 1. The van der Waals surface area contributed by atoms with Gasteiger partial charge in [-0.3, -0.25) is 14.3 Å². The van der Waals surface area contributed by atoms with Crippen LogP contribution in [-0.2, 0) is 10.0 Å². The molecule has 2 aromatic carbocycles. The molecule has 9 heteroatoms. The molecule has 3 aromatic rings. The third-order valence-electron chi connectivity index (χ3n) is 3.60. The molecule has 0 spiro atoms. The number of thiophene rings is 1. The lowest BCUT2D eigenvalue weighted by atomic mass is 10.1. The predicted molar refractivity (Wildman–Crippen MR) is 104 cm³/mol. The number of para-hydroxylation sites is 1. The average molecular weight is 401 g/mol. The number of amides is 2. The first-order valence-corrected chi connectivity index (χ1v) is 10.1. The Labute approximate surface area is 159 Å². The molecule has 4 N–H and O–H groups in total. The molecule has 0 unspecified atom stereocenters. The second kappa shape index (κ2) is 7.60. The lowest BCUT2D eigenvalue weighted by molar-refractivity contribution is 0.100. The van der Waals surface area contributed by atoms with Gasteiger partial charge in [0.1, 0.15) is 4.21 Å². The van der Waals surface area contributed by atoms with Crippen molar-refractivity contribution in [3.05, 3.63) is 77.2 Å². The maximum atomic E-state index is 12.4. The van der Waals surface area contributed by atoms with Crippen LogP contribution in [0, 0.1) is 0 Å². The highest BCUT2D eigenvalue weighted by Gasteiger charge is 2.16. The fourth-order valence-corrected chi connectivity index (χ4v) is 4.36. The minimum Gasteiger partial charge on any atom is -0.366 e. The second-order valence-electron chi connectivity index (χ2n) is 5.48. The number of carbonyl (C=O) groups excluding carboxylic acids is 2. The van der Waals surface area contributed by atoms with Crippen LogP contribution in [0.15, 0.2) is 70.3 Å². The largest absolute Gasteiger partial charge is 0.366 e. The Balaban J connectivity index is 1.74. The second-order valence-corrected chi connectivity index (χ2v) is 8.34. The Hall–Kier alpha value is -3.17. The highest BCUT2D eigenvalue weighted by molar-refractivity contribution is 7.94. The Bertz CT molecular complexity index is 1080. The summed E-state index contributed by atoms with van der Waals surface area (Å²) in [6, 6.07) is 15.5. The minimum absolute atomic E-state index is 0.200. The van der Waals surface area contributed by atoms with Gasteiger partial charge < -0.3 is 11.1 Å². The van der Waals surface area contributed by atoms with Crippen molar-refractivity contribution in [1.82, 2.24) is 0 Å². The zero-order valence-corrected chi connectivity index (χ0v) is 15.5. The monoisotopic (exact) mass is 401 g/mol. The van der Waals surface area contributed by atoms with Gasteiger partial charge >= 0.3 is 0 Å². The number of rotatable bonds is 6. The smallest absolute Gasteiger partial charge is 0.271 e. The van der Waals surface area contributed by atoms with E-state index in [-0.39, 0.29) is 9.77 Å². The van der Waals surface area contributed by atoms with E-state index >= 15 is 0 Å². The van der Waals surface area contributed by atoms with Crippen LogP contribution in [0.2, 0.25) is 0 Å². The predicted octanol–water partition coefficient (Wildman–Crippen LogP) is 2.90. The van der Waals surface area contributed by atoms with Crippen molar-refractivity contribution >= 4 is 44.5 Å². The van der Waals surface area contributed by atoms with E-state index in [0.29, 0.717) is 16.9 Å². The van der Waals surface area contributed by atoms with Gasteiger partial charge in [0.05, 0.1) is 11.3 Å². The van der Waals surface area contributed by atoms with Crippen LogP contribution in [0.4, 0.5) is 11.4 Å². The van der Waals surface area contributed by atoms with Gasteiger partial charge in [-0.2, -0.15) is 0 Å². The first kappa shape index (κ1) is 18.6. The van der Waals surface area contributed by atoms with Crippen molar-refractivity contribution in [1.29, 1.82) is 0 Å². The third-order valence-corrected chi connectivity index (χ3v) is 6.38. The van der Waals surface area contributed by atoms with Gasteiger partial charge in [0.25, 0.3) is 21.8 Å². The third kappa shape index (κ3) is 4.33. The molecule has 7 nitrogen and oxygen atoms in total. The van der Waals surface area contributed by atoms with E-state index in [1.165, 1.54) is 36.4 Å². The van der Waals surface area contributed by atoms with Crippen LogP contribution >= 0.6 is 11.3 Å². The van der Waals surface area contributed by atoms with Gasteiger partial charge in [-0.25, -0.2) is 8.42 Å². The highest BCUT2D eigenvalue weighted by Crippen LogP contribution is 2.21. The zero-order valence-electron chi connectivity index (χ0n) is 13.9. The molecule has 0 saturated carbocycles. The molecule has 0 saturated heterocycles. The van der Waals surface area contributed by atoms with Crippen LogP contribution in [-0.4, -0.2) is 20.2 Å². The molecule has 3 rings (SSSR count). The van der Waals surface area contributed by atoms with Crippen LogP contribution in [0.5, 0.6) is 0 Å². The number of nitrogens with two attached hydrogens (primary N) is 1. The van der Waals surface area contributed by atoms with E-state index in [4.69, 9.17) is 5.73 Å². The first-order chi connectivity index (χ1) is 12.9. The van der Waals surface area contributed by atoms with Gasteiger partial charge in [0.15, 0.2) is 0 Å². The molecule has 0 bridgehead atoms. The molecular weight excluding hydrogens is 386 g/mol. The van der Waals surface area contributed by atoms with E-state index in [0.717, 1.165) is 11.3 Å². The summed E-state index contributed by atoms with van der Waals surface area (Å²) in [6.07, 6.45) is 0. The van der Waals surface area contributed by atoms with Gasteiger partial charge in [-0.05, 0) is 47.8 Å².